The minimum atomic E-state index is -0.181. The monoisotopic (exact) mass is 201 g/mol. The van der Waals surface area contributed by atoms with E-state index in [0.717, 1.165) is 11.2 Å². The normalized spacial score (nSPS) is 10.1. The van der Waals surface area contributed by atoms with Gasteiger partial charge in [-0.3, -0.25) is 4.79 Å². The van der Waals surface area contributed by atoms with E-state index in [4.69, 9.17) is 0 Å². The molecule has 76 valence electrons. The van der Waals surface area contributed by atoms with Crippen LogP contribution in [0.2, 0.25) is 0 Å². The van der Waals surface area contributed by atoms with Crippen molar-refractivity contribution in [2.75, 3.05) is 0 Å². The number of nitrogens with one attached hydrogen (secondary N) is 1. The van der Waals surface area contributed by atoms with Crippen LogP contribution in [0.4, 0.5) is 0 Å². The van der Waals surface area contributed by atoms with E-state index in [9.17, 15) is 4.79 Å². The molecule has 0 aliphatic carbocycles. The highest BCUT2D eigenvalue weighted by molar-refractivity contribution is 5.86. The molecule has 15 heavy (non-hydrogen) atoms. The van der Waals surface area contributed by atoms with Crippen LogP contribution in [0, 0.1) is 0 Å². The predicted octanol–water partition coefficient (Wildman–Crippen LogP) is 1.14. The molecule has 0 saturated carbocycles. The van der Waals surface area contributed by atoms with Gasteiger partial charge in [0.15, 0.2) is 0 Å². The molecule has 0 aliphatic rings. The summed E-state index contributed by atoms with van der Waals surface area (Å²) in [6, 6.07) is 7.74. The van der Waals surface area contributed by atoms with Gasteiger partial charge in [-0.1, -0.05) is 12.6 Å². The van der Waals surface area contributed by atoms with Gasteiger partial charge in [0, 0.05) is 6.20 Å². The molecule has 0 saturated heterocycles. The highest BCUT2D eigenvalue weighted by Crippen LogP contribution is 2.05. The Kier molecular flexibility index (Phi) is 2.49. The first-order valence-electron chi connectivity index (χ1n) is 4.63. The molecule has 2 heterocycles. The summed E-state index contributed by atoms with van der Waals surface area (Å²) in [5, 5.41) is 6.87. The van der Waals surface area contributed by atoms with Gasteiger partial charge in [0.1, 0.15) is 0 Å². The number of nitrogens with zero attached hydrogens (tertiary/aromatic N) is 2. The van der Waals surface area contributed by atoms with Crippen LogP contribution < -0.4 is 5.32 Å². The Morgan fingerprint density at radius 2 is 2.40 bits per heavy atom. The van der Waals surface area contributed by atoms with Crippen molar-refractivity contribution < 1.29 is 4.79 Å². The van der Waals surface area contributed by atoms with Crippen LogP contribution in [0.25, 0.3) is 5.52 Å². The van der Waals surface area contributed by atoms with Gasteiger partial charge in [0.05, 0.1) is 17.8 Å². The minimum Gasteiger partial charge on any atom is -0.347 e. The summed E-state index contributed by atoms with van der Waals surface area (Å²) in [7, 11) is 0. The highest BCUT2D eigenvalue weighted by Gasteiger charge is 2.01. The van der Waals surface area contributed by atoms with Crippen molar-refractivity contribution in [1.29, 1.82) is 0 Å². The van der Waals surface area contributed by atoms with Crippen LogP contribution >= 0.6 is 0 Å². The lowest BCUT2D eigenvalue weighted by molar-refractivity contribution is -0.116. The largest absolute Gasteiger partial charge is 0.347 e. The molecule has 2 rings (SSSR count). The van der Waals surface area contributed by atoms with Crippen molar-refractivity contribution in [2.24, 2.45) is 0 Å². The van der Waals surface area contributed by atoms with Crippen LogP contribution in [-0.4, -0.2) is 15.5 Å². The van der Waals surface area contributed by atoms with Crippen molar-refractivity contribution in [3.05, 3.63) is 48.8 Å². The third kappa shape index (κ3) is 1.88. The fraction of sp³-hybridized carbons (Fsp3) is 0.0909. The van der Waals surface area contributed by atoms with E-state index < -0.39 is 0 Å². The molecule has 0 aliphatic heterocycles. The topological polar surface area (TPSA) is 46.4 Å². The van der Waals surface area contributed by atoms with Gasteiger partial charge in [-0.15, -0.1) is 0 Å². The number of amides is 1. The SMILES string of the molecule is C=CC(=O)NCc1cccc2ccnn12. The molecule has 2 aromatic rings. The molecule has 0 spiro atoms. The van der Waals surface area contributed by atoms with Gasteiger partial charge < -0.3 is 5.32 Å². The van der Waals surface area contributed by atoms with E-state index >= 15 is 0 Å². The smallest absolute Gasteiger partial charge is 0.243 e. The second kappa shape index (κ2) is 3.96. The van der Waals surface area contributed by atoms with E-state index in [2.05, 4.69) is 17.0 Å². The number of carbonyl (C=O) groups excluding carboxylic acids is 1. The lowest BCUT2D eigenvalue weighted by atomic mass is 10.3. The number of hydrogen-bond acceptors (Lipinski definition) is 2. The summed E-state index contributed by atoms with van der Waals surface area (Å²) in [5.74, 6) is -0.181. The standard InChI is InChI=1S/C11H11N3O/c1-2-11(15)12-8-10-5-3-4-9-6-7-13-14(9)10/h2-7H,1,8H2,(H,12,15). The molecular weight excluding hydrogens is 190 g/mol. The quantitative estimate of drug-likeness (QED) is 0.757. The third-order valence-corrected chi connectivity index (χ3v) is 2.13. The molecule has 4 nitrogen and oxygen atoms in total. The summed E-state index contributed by atoms with van der Waals surface area (Å²) < 4.78 is 1.80. The first-order chi connectivity index (χ1) is 7.31. The Balaban J connectivity index is 2.24. The van der Waals surface area contributed by atoms with Crippen LogP contribution in [0.5, 0.6) is 0 Å². The molecule has 2 aromatic heterocycles. The van der Waals surface area contributed by atoms with Gasteiger partial charge in [-0.2, -0.15) is 5.10 Å². The molecule has 0 unspecified atom stereocenters. The average Bonchev–Trinajstić information content (AvgIpc) is 2.74. The van der Waals surface area contributed by atoms with Gasteiger partial charge in [0.25, 0.3) is 0 Å². The number of fused-ring (bicyclic) bond motifs is 1. The van der Waals surface area contributed by atoms with E-state index in [-0.39, 0.29) is 5.91 Å². The number of rotatable bonds is 3. The molecule has 4 heteroatoms. The van der Waals surface area contributed by atoms with Gasteiger partial charge in [0.2, 0.25) is 5.91 Å². The predicted molar refractivity (Wildman–Crippen MR) is 57.2 cm³/mol. The second-order valence-electron chi connectivity index (χ2n) is 3.11. The average molecular weight is 201 g/mol. The molecular formula is C11H11N3O. The number of carbonyl (C=O) groups is 1. The Morgan fingerprint density at radius 3 is 3.20 bits per heavy atom. The van der Waals surface area contributed by atoms with E-state index in [1.54, 1.807) is 10.7 Å². The van der Waals surface area contributed by atoms with Crippen molar-refractivity contribution in [2.45, 2.75) is 6.54 Å². The molecule has 1 amide bonds. The summed E-state index contributed by atoms with van der Waals surface area (Å²) >= 11 is 0. The fourth-order valence-electron chi connectivity index (χ4n) is 1.39. The first kappa shape index (κ1) is 9.45. The minimum absolute atomic E-state index is 0.181. The van der Waals surface area contributed by atoms with Gasteiger partial charge in [-0.05, 0) is 24.3 Å². The van der Waals surface area contributed by atoms with Crippen LogP contribution in [0.1, 0.15) is 5.69 Å². The zero-order chi connectivity index (χ0) is 10.7. The Morgan fingerprint density at radius 1 is 1.53 bits per heavy atom. The number of pyridine rings is 1. The van der Waals surface area contributed by atoms with E-state index in [1.165, 1.54) is 6.08 Å². The maximum Gasteiger partial charge on any atom is 0.243 e. The lowest BCUT2D eigenvalue weighted by Gasteiger charge is -2.04. The van der Waals surface area contributed by atoms with E-state index in [0.29, 0.717) is 6.54 Å². The summed E-state index contributed by atoms with van der Waals surface area (Å²) in [6.45, 7) is 3.84. The molecule has 0 bridgehead atoms. The number of hydrogen-bond donors (Lipinski definition) is 1. The third-order valence-electron chi connectivity index (χ3n) is 2.13. The summed E-state index contributed by atoms with van der Waals surface area (Å²) in [5.41, 5.74) is 1.95. The first-order valence-corrected chi connectivity index (χ1v) is 4.63. The summed E-state index contributed by atoms with van der Waals surface area (Å²) in [6.07, 6.45) is 2.98. The summed E-state index contributed by atoms with van der Waals surface area (Å²) in [4.78, 5) is 11.0. The van der Waals surface area contributed by atoms with Crippen LogP contribution in [0.15, 0.2) is 43.1 Å². The molecule has 0 fully saturated rings. The Labute approximate surface area is 87.2 Å². The van der Waals surface area contributed by atoms with Crippen molar-refractivity contribution in [3.8, 4) is 0 Å². The Hall–Kier alpha value is -2.10. The lowest BCUT2D eigenvalue weighted by Crippen LogP contribution is -2.21. The molecule has 1 N–H and O–H groups in total. The van der Waals surface area contributed by atoms with Crippen molar-refractivity contribution in [3.63, 3.8) is 0 Å². The maximum atomic E-state index is 11.0. The second-order valence-corrected chi connectivity index (χ2v) is 3.11. The van der Waals surface area contributed by atoms with E-state index in [1.807, 2.05) is 24.3 Å². The fourth-order valence-corrected chi connectivity index (χ4v) is 1.39. The van der Waals surface area contributed by atoms with Crippen LogP contribution in [-0.2, 0) is 11.3 Å². The highest BCUT2D eigenvalue weighted by atomic mass is 16.1. The van der Waals surface area contributed by atoms with Crippen LogP contribution in [0.3, 0.4) is 0 Å². The van der Waals surface area contributed by atoms with Gasteiger partial charge in [-0.25, -0.2) is 4.52 Å². The zero-order valence-electron chi connectivity index (χ0n) is 8.18. The van der Waals surface area contributed by atoms with Gasteiger partial charge >= 0.3 is 0 Å². The maximum absolute atomic E-state index is 11.0. The van der Waals surface area contributed by atoms with Crippen molar-refractivity contribution >= 4 is 11.4 Å². The molecule has 0 aromatic carbocycles. The van der Waals surface area contributed by atoms with Crippen molar-refractivity contribution in [1.82, 2.24) is 14.9 Å². The zero-order valence-corrected chi connectivity index (χ0v) is 8.18. The molecule has 0 atom stereocenters. The molecule has 0 radical (unpaired) electrons. The number of aromatic nitrogens is 2. The Bertz CT molecular complexity index is 501.